The van der Waals surface area contributed by atoms with Gasteiger partial charge in [0.2, 0.25) is 0 Å². The number of morpholine rings is 1. The summed E-state index contributed by atoms with van der Waals surface area (Å²) in [5.74, 6) is -0.0180. The molecule has 2 N–H and O–H groups in total. The number of nitrogens with zero attached hydrogens (tertiary/aromatic N) is 1. The highest BCUT2D eigenvalue weighted by atomic mass is 16.5. The van der Waals surface area contributed by atoms with E-state index in [1.807, 2.05) is 46.0 Å². The van der Waals surface area contributed by atoms with Crippen molar-refractivity contribution in [2.75, 3.05) is 32.1 Å². The van der Waals surface area contributed by atoms with Gasteiger partial charge in [-0.15, -0.1) is 0 Å². The molecule has 21 heavy (non-hydrogen) atoms. The third-order valence-electron chi connectivity index (χ3n) is 3.71. The molecular formula is C16H24N2O3. The summed E-state index contributed by atoms with van der Waals surface area (Å²) in [7, 11) is 1.86. The van der Waals surface area contributed by atoms with Gasteiger partial charge in [0.05, 0.1) is 18.3 Å². The Bertz CT molecular complexity index is 528. The van der Waals surface area contributed by atoms with E-state index in [-0.39, 0.29) is 18.6 Å². The van der Waals surface area contributed by atoms with Crippen LogP contribution in [-0.4, -0.2) is 54.4 Å². The average molecular weight is 292 g/mol. The lowest BCUT2D eigenvalue weighted by atomic mass is 10.0. The quantitative estimate of drug-likeness (QED) is 0.889. The predicted molar refractivity (Wildman–Crippen MR) is 82.7 cm³/mol. The largest absolute Gasteiger partial charge is 0.394 e. The van der Waals surface area contributed by atoms with Gasteiger partial charge >= 0.3 is 0 Å². The van der Waals surface area contributed by atoms with Gasteiger partial charge < -0.3 is 20.1 Å². The van der Waals surface area contributed by atoms with Gasteiger partial charge in [0.1, 0.15) is 0 Å². The first-order valence-electron chi connectivity index (χ1n) is 7.22. The molecule has 0 aliphatic carbocycles. The summed E-state index contributed by atoms with van der Waals surface area (Å²) < 4.78 is 5.75. The molecule has 1 aromatic carbocycles. The van der Waals surface area contributed by atoms with E-state index in [0.717, 1.165) is 11.3 Å². The minimum absolute atomic E-state index is 0.0180. The molecule has 2 rings (SSSR count). The zero-order chi connectivity index (χ0) is 15.6. The second-order valence-electron chi connectivity index (χ2n) is 6.15. The van der Waals surface area contributed by atoms with E-state index in [9.17, 15) is 9.90 Å². The summed E-state index contributed by atoms with van der Waals surface area (Å²) in [5, 5.41) is 12.4. The molecule has 1 heterocycles. The Kier molecular flexibility index (Phi) is 4.54. The third-order valence-corrected chi connectivity index (χ3v) is 3.71. The number of carbonyl (C=O) groups is 1. The molecule has 1 fully saturated rings. The van der Waals surface area contributed by atoms with Crippen LogP contribution >= 0.6 is 0 Å². The number of hydrogen-bond acceptors (Lipinski definition) is 4. The number of nitrogens with one attached hydrogen (secondary N) is 1. The monoisotopic (exact) mass is 292 g/mol. The van der Waals surface area contributed by atoms with Gasteiger partial charge in [-0.05, 0) is 44.5 Å². The Morgan fingerprint density at radius 3 is 2.81 bits per heavy atom. The van der Waals surface area contributed by atoms with Gasteiger partial charge in [0.15, 0.2) is 0 Å². The molecule has 5 nitrogen and oxygen atoms in total. The molecule has 116 valence electrons. The molecular weight excluding hydrogens is 268 g/mol. The molecule has 0 spiro atoms. The fourth-order valence-corrected chi connectivity index (χ4v) is 2.81. The van der Waals surface area contributed by atoms with Crippen LogP contribution in [0, 0.1) is 6.92 Å². The lowest BCUT2D eigenvalue weighted by molar-refractivity contribution is -0.139. The Hall–Kier alpha value is -1.59. The summed E-state index contributed by atoms with van der Waals surface area (Å²) >= 11 is 0. The molecule has 0 aromatic heterocycles. The lowest BCUT2D eigenvalue weighted by Crippen LogP contribution is -2.55. The van der Waals surface area contributed by atoms with Gasteiger partial charge in [-0.1, -0.05) is 0 Å². The number of anilines is 1. The number of amides is 1. The number of aliphatic hydroxyl groups is 1. The molecule has 1 aliphatic heterocycles. The number of ether oxygens (including phenoxy) is 1. The zero-order valence-corrected chi connectivity index (χ0v) is 13.1. The smallest absolute Gasteiger partial charge is 0.254 e. The Balaban J connectivity index is 2.20. The molecule has 1 amide bonds. The van der Waals surface area contributed by atoms with Crippen LogP contribution in [0.2, 0.25) is 0 Å². The van der Waals surface area contributed by atoms with Crippen LogP contribution in [-0.2, 0) is 4.74 Å². The lowest BCUT2D eigenvalue weighted by Gasteiger charge is -2.42. The van der Waals surface area contributed by atoms with E-state index in [0.29, 0.717) is 18.7 Å². The number of aliphatic hydroxyl groups excluding tert-OH is 1. The van der Waals surface area contributed by atoms with E-state index in [1.54, 1.807) is 4.90 Å². The van der Waals surface area contributed by atoms with E-state index < -0.39 is 5.60 Å². The van der Waals surface area contributed by atoms with Crippen molar-refractivity contribution in [2.24, 2.45) is 0 Å². The van der Waals surface area contributed by atoms with Crippen LogP contribution in [0.4, 0.5) is 5.69 Å². The molecule has 0 saturated carbocycles. The first-order valence-corrected chi connectivity index (χ1v) is 7.22. The van der Waals surface area contributed by atoms with Crippen molar-refractivity contribution in [1.29, 1.82) is 0 Å². The van der Waals surface area contributed by atoms with Crippen molar-refractivity contribution in [3.05, 3.63) is 29.3 Å². The van der Waals surface area contributed by atoms with Crippen LogP contribution in [0.1, 0.15) is 29.8 Å². The minimum atomic E-state index is -0.443. The highest BCUT2D eigenvalue weighted by Crippen LogP contribution is 2.23. The van der Waals surface area contributed by atoms with Gasteiger partial charge in [0, 0.05) is 31.4 Å². The molecule has 1 saturated heterocycles. The van der Waals surface area contributed by atoms with Crippen molar-refractivity contribution in [3.8, 4) is 0 Å². The van der Waals surface area contributed by atoms with E-state index in [4.69, 9.17) is 4.74 Å². The maximum absolute atomic E-state index is 12.7. The summed E-state index contributed by atoms with van der Waals surface area (Å²) in [6.45, 7) is 6.71. The van der Waals surface area contributed by atoms with Crippen molar-refractivity contribution in [3.63, 3.8) is 0 Å². The first-order chi connectivity index (χ1) is 9.86. The van der Waals surface area contributed by atoms with Crippen LogP contribution in [0.15, 0.2) is 18.2 Å². The zero-order valence-electron chi connectivity index (χ0n) is 13.1. The van der Waals surface area contributed by atoms with Gasteiger partial charge in [-0.2, -0.15) is 0 Å². The number of aryl methyl sites for hydroxylation is 1. The molecule has 1 unspecified atom stereocenters. The van der Waals surface area contributed by atoms with E-state index in [1.165, 1.54) is 0 Å². The van der Waals surface area contributed by atoms with Crippen LogP contribution < -0.4 is 5.32 Å². The minimum Gasteiger partial charge on any atom is -0.394 e. The Morgan fingerprint density at radius 2 is 2.24 bits per heavy atom. The van der Waals surface area contributed by atoms with Gasteiger partial charge in [-0.3, -0.25) is 4.79 Å². The maximum Gasteiger partial charge on any atom is 0.254 e. The highest BCUT2D eigenvalue weighted by molar-refractivity contribution is 5.95. The summed E-state index contributed by atoms with van der Waals surface area (Å²) in [6, 6.07) is 5.64. The van der Waals surface area contributed by atoms with Crippen molar-refractivity contribution < 1.29 is 14.6 Å². The van der Waals surface area contributed by atoms with E-state index in [2.05, 4.69) is 5.32 Å². The van der Waals surface area contributed by atoms with E-state index >= 15 is 0 Å². The fraction of sp³-hybridized carbons (Fsp3) is 0.562. The molecule has 0 radical (unpaired) electrons. The second-order valence-corrected chi connectivity index (χ2v) is 6.15. The number of benzene rings is 1. The Morgan fingerprint density at radius 1 is 1.52 bits per heavy atom. The highest BCUT2D eigenvalue weighted by Gasteiger charge is 2.35. The predicted octanol–water partition coefficient (Wildman–Crippen LogP) is 1.65. The second kappa shape index (κ2) is 6.03. The van der Waals surface area contributed by atoms with Crippen molar-refractivity contribution in [2.45, 2.75) is 32.5 Å². The van der Waals surface area contributed by atoms with Crippen molar-refractivity contribution in [1.82, 2.24) is 4.90 Å². The summed E-state index contributed by atoms with van der Waals surface area (Å²) in [5.41, 5.74) is 2.28. The first kappa shape index (κ1) is 15.8. The number of carbonyl (C=O) groups excluding carboxylic acids is 1. The third kappa shape index (κ3) is 3.54. The summed E-state index contributed by atoms with van der Waals surface area (Å²) in [4.78, 5) is 14.4. The van der Waals surface area contributed by atoms with Crippen LogP contribution in [0.25, 0.3) is 0 Å². The van der Waals surface area contributed by atoms with Crippen molar-refractivity contribution >= 4 is 11.6 Å². The molecule has 1 aromatic rings. The average Bonchev–Trinajstić information content (AvgIpc) is 2.44. The van der Waals surface area contributed by atoms with Gasteiger partial charge in [-0.25, -0.2) is 0 Å². The molecule has 1 aliphatic rings. The maximum atomic E-state index is 12.7. The summed E-state index contributed by atoms with van der Waals surface area (Å²) in [6.07, 6.45) is -0.324. The number of hydrogen-bond donors (Lipinski definition) is 2. The SMILES string of the molecule is CNc1ccc(C(=O)N2CC(CO)OC(C)(C)C2)cc1C. The topological polar surface area (TPSA) is 61.8 Å². The molecule has 0 bridgehead atoms. The normalized spacial score (nSPS) is 21.2. The van der Waals surface area contributed by atoms with Gasteiger partial charge in [0.25, 0.3) is 5.91 Å². The fourth-order valence-electron chi connectivity index (χ4n) is 2.81. The Labute approximate surface area is 125 Å². The van der Waals surface area contributed by atoms with Crippen LogP contribution in [0.5, 0.6) is 0 Å². The standard InChI is InChI=1S/C16H24N2O3/c1-11-7-12(5-6-14(11)17-4)15(20)18-8-13(9-19)21-16(2,3)10-18/h5-7,13,17,19H,8-10H2,1-4H3. The van der Waals surface area contributed by atoms with Crippen LogP contribution in [0.3, 0.4) is 0 Å². The molecule has 5 heteroatoms. The number of rotatable bonds is 3. The molecule has 1 atom stereocenters.